The average Bonchev–Trinajstić information content (AvgIpc) is 2.76. The van der Waals surface area contributed by atoms with E-state index < -0.39 is 0 Å². The lowest BCUT2D eigenvalue weighted by Crippen LogP contribution is -2.33. The van der Waals surface area contributed by atoms with Gasteiger partial charge in [0.2, 0.25) is 11.8 Å². The largest absolute Gasteiger partial charge is 0.326 e. The van der Waals surface area contributed by atoms with Crippen LogP contribution in [0, 0.1) is 0 Å². The lowest BCUT2D eigenvalue weighted by atomic mass is 10.2. The van der Waals surface area contributed by atoms with Crippen LogP contribution < -0.4 is 5.32 Å². The number of benzene rings is 1. The van der Waals surface area contributed by atoms with Crippen LogP contribution in [-0.4, -0.2) is 40.2 Å². The lowest BCUT2D eigenvalue weighted by molar-refractivity contribution is -0.128. The maximum absolute atomic E-state index is 12.3. The molecule has 112 valence electrons. The Morgan fingerprint density at radius 3 is 2.67 bits per heavy atom. The topological polar surface area (TPSA) is 61.8 Å². The minimum absolute atomic E-state index is 0.0297. The second-order valence-electron chi connectivity index (χ2n) is 4.56. The van der Waals surface area contributed by atoms with E-state index in [-0.39, 0.29) is 23.5 Å². The van der Waals surface area contributed by atoms with Crippen LogP contribution in [0.2, 0.25) is 0 Å². The molecule has 1 aromatic rings. The molecule has 21 heavy (non-hydrogen) atoms. The molecule has 0 radical (unpaired) electrons. The highest BCUT2D eigenvalue weighted by atomic mass is 32.2. The van der Waals surface area contributed by atoms with Crippen LogP contribution in [0.4, 0.5) is 5.69 Å². The van der Waals surface area contributed by atoms with E-state index in [1.165, 1.54) is 11.8 Å². The molecule has 0 saturated carbocycles. The average molecular weight is 305 g/mol. The summed E-state index contributed by atoms with van der Waals surface area (Å²) in [5.41, 5.74) is 0.743. The van der Waals surface area contributed by atoms with Gasteiger partial charge in [-0.05, 0) is 26.0 Å². The fourth-order valence-corrected chi connectivity index (χ4v) is 3.36. The molecule has 0 aliphatic carbocycles. The molecule has 1 aromatic carbocycles. The van der Waals surface area contributed by atoms with Gasteiger partial charge in [-0.15, -0.1) is 0 Å². The van der Waals surface area contributed by atoms with Crippen LogP contribution in [0.15, 0.2) is 35.3 Å². The highest BCUT2D eigenvalue weighted by Crippen LogP contribution is 2.29. The van der Waals surface area contributed by atoms with Crippen LogP contribution in [0.5, 0.6) is 0 Å². The van der Waals surface area contributed by atoms with Gasteiger partial charge in [0.25, 0.3) is 0 Å². The molecule has 0 unspecified atom stereocenters. The molecule has 5 nitrogen and oxygen atoms in total. The Kier molecular flexibility index (Phi) is 5.38. The number of carbonyl (C=O) groups excluding carboxylic acids is 2. The zero-order valence-electron chi connectivity index (χ0n) is 12.2. The molecule has 1 saturated heterocycles. The van der Waals surface area contributed by atoms with E-state index >= 15 is 0 Å². The molecule has 1 aliphatic rings. The highest BCUT2D eigenvalue weighted by Gasteiger charge is 2.37. The minimum Gasteiger partial charge on any atom is -0.326 e. The van der Waals surface area contributed by atoms with Crippen LogP contribution in [-0.2, 0) is 9.59 Å². The highest BCUT2D eigenvalue weighted by molar-refractivity contribution is 8.15. The van der Waals surface area contributed by atoms with Gasteiger partial charge in [0.15, 0.2) is 5.17 Å². The van der Waals surface area contributed by atoms with Crippen molar-refractivity contribution in [2.75, 3.05) is 18.4 Å². The third-order valence-electron chi connectivity index (χ3n) is 3.06. The molecule has 1 heterocycles. The maximum Gasteiger partial charge on any atom is 0.242 e. The predicted molar refractivity (Wildman–Crippen MR) is 86.4 cm³/mol. The van der Waals surface area contributed by atoms with E-state index in [0.29, 0.717) is 13.1 Å². The Hall–Kier alpha value is -1.82. The maximum atomic E-state index is 12.3. The van der Waals surface area contributed by atoms with Gasteiger partial charge in [-0.3, -0.25) is 19.5 Å². The first-order valence-electron chi connectivity index (χ1n) is 7.03. The Morgan fingerprint density at radius 2 is 2.05 bits per heavy atom. The van der Waals surface area contributed by atoms with E-state index in [0.717, 1.165) is 10.9 Å². The summed E-state index contributed by atoms with van der Waals surface area (Å²) in [6.07, 6.45) is 0.164. The summed E-state index contributed by atoms with van der Waals surface area (Å²) in [6, 6.07) is 9.25. The summed E-state index contributed by atoms with van der Waals surface area (Å²) in [4.78, 5) is 30.3. The zero-order valence-corrected chi connectivity index (χ0v) is 13.0. The number of aliphatic imine (C=N–C) groups is 1. The molecule has 1 fully saturated rings. The summed E-state index contributed by atoms with van der Waals surface area (Å²) in [5.74, 6) is -0.182. The Labute approximate surface area is 128 Å². The van der Waals surface area contributed by atoms with Crippen molar-refractivity contribution in [1.29, 1.82) is 0 Å². The number of para-hydroxylation sites is 1. The Balaban J connectivity index is 1.98. The molecule has 1 aliphatic heterocycles. The van der Waals surface area contributed by atoms with Gasteiger partial charge in [-0.1, -0.05) is 30.0 Å². The first-order valence-corrected chi connectivity index (χ1v) is 7.91. The second-order valence-corrected chi connectivity index (χ2v) is 5.73. The standard InChI is InChI=1S/C15H19N3O2S/c1-3-16-15-18(4-2)14(20)12(21-15)10-13(19)17-11-8-6-5-7-9-11/h5-9,12H,3-4,10H2,1-2H3,(H,17,19)/t12-/m1/s1. The van der Waals surface area contributed by atoms with Crippen molar-refractivity contribution in [2.45, 2.75) is 25.5 Å². The number of rotatable bonds is 5. The molecule has 2 rings (SSSR count). The van der Waals surface area contributed by atoms with Crippen molar-refractivity contribution >= 4 is 34.4 Å². The number of hydrogen-bond donors (Lipinski definition) is 1. The Morgan fingerprint density at radius 1 is 1.33 bits per heavy atom. The van der Waals surface area contributed by atoms with E-state index in [1.54, 1.807) is 4.90 Å². The van der Waals surface area contributed by atoms with Crippen molar-refractivity contribution in [1.82, 2.24) is 4.90 Å². The number of thioether (sulfide) groups is 1. The Bertz CT molecular complexity index is 545. The van der Waals surface area contributed by atoms with Crippen molar-refractivity contribution in [3.8, 4) is 0 Å². The van der Waals surface area contributed by atoms with Crippen LogP contribution in [0.25, 0.3) is 0 Å². The van der Waals surface area contributed by atoms with Gasteiger partial charge in [0.05, 0.1) is 0 Å². The third-order valence-corrected chi connectivity index (χ3v) is 4.27. The summed E-state index contributed by atoms with van der Waals surface area (Å²) in [6.45, 7) is 5.06. The van der Waals surface area contributed by atoms with Gasteiger partial charge in [0.1, 0.15) is 5.25 Å². The second kappa shape index (κ2) is 7.26. The molecule has 0 aromatic heterocycles. The zero-order chi connectivity index (χ0) is 15.2. The number of anilines is 1. The molecule has 6 heteroatoms. The van der Waals surface area contributed by atoms with Gasteiger partial charge in [-0.2, -0.15) is 0 Å². The minimum atomic E-state index is -0.376. The first kappa shape index (κ1) is 15.6. The fourth-order valence-electron chi connectivity index (χ4n) is 2.09. The summed E-state index contributed by atoms with van der Waals surface area (Å²) >= 11 is 1.38. The number of amidine groups is 1. The molecule has 1 atom stereocenters. The van der Waals surface area contributed by atoms with Gasteiger partial charge < -0.3 is 5.32 Å². The fraction of sp³-hybridized carbons (Fsp3) is 0.400. The van der Waals surface area contributed by atoms with E-state index in [9.17, 15) is 9.59 Å². The molecule has 0 spiro atoms. The van der Waals surface area contributed by atoms with E-state index in [2.05, 4.69) is 10.3 Å². The number of amides is 2. The van der Waals surface area contributed by atoms with Crippen molar-refractivity contribution in [2.24, 2.45) is 4.99 Å². The molecule has 1 N–H and O–H groups in total. The molecule has 2 amide bonds. The normalized spacial score (nSPS) is 20.1. The number of nitrogens with one attached hydrogen (secondary N) is 1. The van der Waals surface area contributed by atoms with Gasteiger partial charge in [-0.25, -0.2) is 0 Å². The van der Waals surface area contributed by atoms with E-state index in [1.807, 2.05) is 44.2 Å². The smallest absolute Gasteiger partial charge is 0.242 e. The summed E-state index contributed by atoms with van der Waals surface area (Å²) in [7, 11) is 0. The van der Waals surface area contributed by atoms with Gasteiger partial charge in [0, 0.05) is 25.2 Å². The molecular formula is C15H19N3O2S. The van der Waals surface area contributed by atoms with Crippen molar-refractivity contribution < 1.29 is 9.59 Å². The van der Waals surface area contributed by atoms with Crippen LogP contribution in [0.3, 0.4) is 0 Å². The molecule has 0 bridgehead atoms. The van der Waals surface area contributed by atoms with Crippen molar-refractivity contribution in [3.63, 3.8) is 0 Å². The number of hydrogen-bond acceptors (Lipinski definition) is 4. The predicted octanol–water partition coefficient (Wildman–Crippen LogP) is 2.36. The SMILES string of the molecule is CCN=C1S[C@H](CC(=O)Nc2ccccc2)C(=O)N1CC. The monoisotopic (exact) mass is 305 g/mol. The quantitative estimate of drug-likeness (QED) is 0.908. The van der Waals surface area contributed by atoms with E-state index in [4.69, 9.17) is 0 Å². The third kappa shape index (κ3) is 3.85. The number of nitrogens with zero attached hydrogens (tertiary/aromatic N) is 2. The van der Waals surface area contributed by atoms with Crippen LogP contribution in [0.1, 0.15) is 20.3 Å². The lowest BCUT2D eigenvalue weighted by Gasteiger charge is -2.13. The molecular weight excluding hydrogens is 286 g/mol. The van der Waals surface area contributed by atoms with Crippen LogP contribution >= 0.6 is 11.8 Å². The summed E-state index contributed by atoms with van der Waals surface area (Å²) < 4.78 is 0. The first-order chi connectivity index (χ1) is 10.2. The van der Waals surface area contributed by atoms with Crippen molar-refractivity contribution in [3.05, 3.63) is 30.3 Å². The van der Waals surface area contributed by atoms with Gasteiger partial charge >= 0.3 is 0 Å². The number of carbonyl (C=O) groups is 2. The summed E-state index contributed by atoms with van der Waals surface area (Å²) in [5, 5.41) is 3.15.